The molecule has 0 heterocycles. The summed E-state index contributed by atoms with van der Waals surface area (Å²) in [7, 11) is 0. The smallest absolute Gasteiger partial charge is 0.294 e. The third kappa shape index (κ3) is 2.69. The van der Waals surface area contributed by atoms with E-state index in [1.54, 1.807) is 0 Å². The average Bonchev–Trinajstić information content (AvgIpc) is 2.28. The Morgan fingerprint density at radius 1 is 1.07 bits per heavy atom. The molecule has 0 bridgehead atoms. The predicted octanol–water partition coefficient (Wildman–Crippen LogP) is -0.705. The highest BCUT2D eigenvalue weighted by Crippen LogP contribution is 2.25. The van der Waals surface area contributed by atoms with E-state index in [9.17, 15) is 20.2 Å². The van der Waals surface area contributed by atoms with E-state index in [2.05, 4.69) is 9.68 Å². The fraction of sp³-hybridized carbons (Fsp3) is 1.00. The molecule has 1 rings (SSSR count). The highest BCUT2D eigenvalue weighted by Gasteiger charge is 2.38. The molecule has 3 atom stereocenters. The van der Waals surface area contributed by atoms with Gasteiger partial charge in [0.1, 0.15) is 12.2 Å². The van der Waals surface area contributed by atoms with Crippen LogP contribution in [0.5, 0.6) is 0 Å². The lowest BCUT2D eigenvalue weighted by Crippen LogP contribution is -2.30. The van der Waals surface area contributed by atoms with Crippen molar-refractivity contribution < 1.29 is 25.0 Å². The van der Waals surface area contributed by atoms with Crippen molar-refractivity contribution in [2.24, 2.45) is 0 Å². The summed E-state index contributed by atoms with van der Waals surface area (Å²) in [5.74, 6) is 0. The van der Waals surface area contributed by atoms with E-state index in [0.717, 1.165) is 0 Å². The summed E-state index contributed by atoms with van der Waals surface area (Å²) in [6.45, 7) is 0. The molecule has 1 aliphatic rings. The van der Waals surface area contributed by atoms with Gasteiger partial charge in [-0.2, -0.15) is 0 Å². The van der Waals surface area contributed by atoms with Crippen molar-refractivity contribution in [2.45, 2.75) is 31.2 Å². The van der Waals surface area contributed by atoms with E-state index in [-0.39, 0.29) is 12.8 Å². The monoisotopic (exact) mass is 208 g/mol. The topological polar surface area (TPSA) is 125 Å². The molecule has 14 heavy (non-hydrogen) atoms. The molecule has 0 aliphatic heterocycles. The molecule has 1 fully saturated rings. The maximum absolute atomic E-state index is 9.97. The van der Waals surface area contributed by atoms with Gasteiger partial charge in [-0.05, 0) is 0 Å². The Morgan fingerprint density at radius 2 is 1.43 bits per heavy atom. The molecule has 0 aromatic carbocycles. The first-order valence-electron chi connectivity index (χ1n) is 3.79. The molecular formula is C5H8N2O7. The van der Waals surface area contributed by atoms with Crippen molar-refractivity contribution >= 4 is 0 Å². The Bertz CT molecular complexity index is 220. The second kappa shape index (κ2) is 4.05. The summed E-state index contributed by atoms with van der Waals surface area (Å²) >= 11 is 0. The molecule has 9 nitrogen and oxygen atoms in total. The fourth-order valence-corrected chi connectivity index (χ4v) is 1.38. The summed E-state index contributed by atoms with van der Waals surface area (Å²) < 4.78 is 0. The lowest BCUT2D eigenvalue weighted by atomic mass is 10.3. The van der Waals surface area contributed by atoms with Crippen molar-refractivity contribution in [3.05, 3.63) is 20.2 Å². The van der Waals surface area contributed by atoms with Crippen LogP contribution in [0.2, 0.25) is 0 Å². The molecule has 0 spiro atoms. The van der Waals surface area contributed by atoms with E-state index >= 15 is 0 Å². The number of nitrogens with zero attached hydrogens (tertiary/aromatic N) is 2. The fourth-order valence-electron chi connectivity index (χ4n) is 1.38. The molecule has 80 valence electrons. The summed E-state index contributed by atoms with van der Waals surface area (Å²) in [5, 5.41) is 26.9. The van der Waals surface area contributed by atoms with Crippen molar-refractivity contribution in [2.75, 3.05) is 0 Å². The van der Waals surface area contributed by atoms with E-state index in [4.69, 9.17) is 5.11 Å². The van der Waals surface area contributed by atoms with Gasteiger partial charge in [0.25, 0.3) is 10.2 Å². The molecular weight excluding hydrogens is 200 g/mol. The van der Waals surface area contributed by atoms with Gasteiger partial charge in [0.15, 0.2) is 0 Å². The Kier molecular flexibility index (Phi) is 3.02. The van der Waals surface area contributed by atoms with Gasteiger partial charge in [0, 0.05) is 12.8 Å². The third-order valence-corrected chi connectivity index (χ3v) is 1.87. The van der Waals surface area contributed by atoms with E-state index in [0.29, 0.717) is 0 Å². The van der Waals surface area contributed by atoms with Gasteiger partial charge in [-0.3, -0.25) is 0 Å². The highest BCUT2D eigenvalue weighted by molar-refractivity contribution is 4.83. The highest BCUT2D eigenvalue weighted by atomic mass is 17.0. The van der Waals surface area contributed by atoms with E-state index in [1.165, 1.54) is 0 Å². The molecule has 1 aliphatic carbocycles. The van der Waals surface area contributed by atoms with Crippen LogP contribution in [0.15, 0.2) is 0 Å². The molecule has 0 aromatic heterocycles. The summed E-state index contributed by atoms with van der Waals surface area (Å²) in [6, 6.07) is 0. The van der Waals surface area contributed by atoms with Crippen molar-refractivity contribution in [1.29, 1.82) is 0 Å². The van der Waals surface area contributed by atoms with Gasteiger partial charge in [-0.15, -0.1) is 20.2 Å². The first-order chi connectivity index (χ1) is 6.49. The lowest BCUT2D eigenvalue weighted by Gasteiger charge is -2.14. The predicted molar refractivity (Wildman–Crippen MR) is 39.0 cm³/mol. The molecule has 0 aromatic rings. The number of aliphatic hydroxyl groups is 1. The van der Waals surface area contributed by atoms with Crippen LogP contribution in [0.25, 0.3) is 0 Å². The maximum atomic E-state index is 9.97. The first-order valence-corrected chi connectivity index (χ1v) is 3.79. The minimum absolute atomic E-state index is 0.0422. The van der Waals surface area contributed by atoms with Gasteiger partial charge in [0.05, 0.1) is 6.10 Å². The van der Waals surface area contributed by atoms with E-state index < -0.39 is 28.5 Å². The lowest BCUT2D eigenvalue weighted by molar-refractivity contribution is -0.797. The largest absolute Gasteiger partial charge is 0.393 e. The van der Waals surface area contributed by atoms with E-state index in [1.807, 2.05) is 0 Å². The minimum atomic E-state index is -1.08. The van der Waals surface area contributed by atoms with Gasteiger partial charge in [-0.25, -0.2) is 0 Å². The minimum Gasteiger partial charge on any atom is -0.393 e. The van der Waals surface area contributed by atoms with Crippen LogP contribution in [0.3, 0.4) is 0 Å². The Labute approximate surface area is 77.4 Å². The second-order valence-corrected chi connectivity index (χ2v) is 2.86. The quantitative estimate of drug-likeness (QED) is 0.477. The van der Waals surface area contributed by atoms with Gasteiger partial charge >= 0.3 is 0 Å². The molecule has 1 N–H and O–H groups in total. The SMILES string of the molecule is O=[N+]([O-])O[C@H]1C[C@@H](O)C[C@H]1O[N+](=O)[O-]. The zero-order valence-corrected chi connectivity index (χ0v) is 6.94. The van der Waals surface area contributed by atoms with Crippen LogP contribution < -0.4 is 0 Å². The van der Waals surface area contributed by atoms with Crippen LogP contribution in [0.1, 0.15) is 12.8 Å². The van der Waals surface area contributed by atoms with Crippen LogP contribution >= 0.6 is 0 Å². The van der Waals surface area contributed by atoms with Crippen LogP contribution in [0.4, 0.5) is 0 Å². The molecule has 0 unspecified atom stereocenters. The second-order valence-electron chi connectivity index (χ2n) is 2.86. The Hall–Kier alpha value is -1.64. The standard InChI is InChI=1S/C5H8N2O7/c8-3-1-4(13-6(9)10)5(2-3)14-7(11)12/h3-5,8H,1-2H2/t3-,4+,5-. The molecule has 0 saturated heterocycles. The van der Waals surface area contributed by atoms with Crippen LogP contribution in [-0.2, 0) is 9.68 Å². The molecule has 0 radical (unpaired) electrons. The molecule has 9 heteroatoms. The van der Waals surface area contributed by atoms with Gasteiger partial charge in [0.2, 0.25) is 0 Å². The zero-order chi connectivity index (χ0) is 10.7. The van der Waals surface area contributed by atoms with Crippen molar-refractivity contribution in [3.8, 4) is 0 Å². The number of hydrogen-bond acceptors (Lipinski definition) is 7. The normalized spacial score (nSPS) is 31.1. The Balaban J connectivity index is 2.53. The maximum Gasteiger partial charge on any atom is 0.294 e. The van der Waals surface area contributed by atoms with Gasteiger partial charge < -0.3 is 14.8 Å². The molecule has 1 saturated carbocycles. The zero-order valence-electron chi connectivity index (χ0n) is 6.94. The Morgan fingerprint density at radius 3 is 1.71 bits per heavy atom. The third-order valence-electron chi connectivity index (χ3n) is 1.87. The summed E-state index contributed by atoms with van der Waals surface area (Å²) in [6.07, 6.45) is -3.11. The number of rotatable bonds is 4. The van der Waals surface area contributed by atoms with Crippen LogP contribution in [-0.4, -0.2) is 33.6 Å². The molecule has 0 amide bonds. The van der Waals surface area contributed by atoms with Gasteiger partial charge in [-0.1, -0.05) is 0 Å². The average molecular weight is 208 g/mol. The number of hydrogen-bond donors (Lipinski definition) is 1. The summed E-state index contributed by atoms with van der Waals surface area (Å²) in [4.78, 5) is 28.2. The number of aliphatic hydroxyl groups excluding tert-OH is 1. The van der Waals surface area contributed by atoms with Crippen molar-refractivity contribution in [3.63, 3.8) is 0 Å². The van der Waals surface area contributed by atoms with Crippen molar-refractivity contribution in [1.82, 2.24) is 0 Å². The van der Waals surface area contributed by atoms with Crippen LogP contribution in [0, 0.1) is 20.2 Å². The summed E-state index contributed by atoms with van der Waals surface area (Å²) in [5.41, 5.74) is 0. The first kappa shape index (κ1) is 10.4.